The Bertz CT molecular complexity index is 633. The van der Waals surface area contributed by atoms with Gasteiger partial charge in [-0.05, 0) is 94.3 Å². The van der Waals surface area contributed by atoms with Crippen LogP contribution in [0.3, 0.4) is 0 Å². The van der Waals surface area contributed by atoms with Gasteiger partial charge in [-0.3, -0.25) is 9.80 Å². The highest BCUT2D eigenvalue weighted by atomic mass is 15.3. The Morgan fingerprint density at radius 3 is 1.34 bits per heavy atom. The van der Waals surface area contributed by atoms with Gasteiger partial charge in [0.15, 0.2) is 0 Å². The van der Waals surface area contributed by atoms with E-state index in [0.29, 0.717) is 0 Å². The predicted octanol–water partition coefficient (Wildman–Crippen LogP) is 7.16. The molecule has 0 N–H and O–H groups in total. The molecule has 2 heterocycles. The Morgan fingerprint density at radius 1 is 0.312 bits per heavy atom. The molecule has 2 saturated heterocycles. The van der Waals surface area contributed by atoms with E-state index in [1.165, 1.54) is 83.5 Å². The highest BCUT2D eigenvalue weighted by Crippen LogP contribution is 2.55. The van der Waals surface area contributed by atoms with E-state index >= 15 is 0 Å². The summed E-state index contributed by atoms with van der Waals surface area (Å²) in [4.78, 5) is 6.49. The number of rotatable bonds is 2. The fourth-order valence-electron chi connectivity index (χ4n) is 11.3. The first-order chi connectivity index (χ1) is 15.9. The van der Waals surface area contributed by atoms with Crippen molar-refractivity contribution in [1.29, 1.82) is 0 Å². The predicted molar refractivity (Wildman–Crippen MR) is 133 cm³/mol. The van der Waals surface area contributed by atoms with Gasteiger partial charge < -0.3 is 0 Å². The SMILES string of the molecule is C1CCC(N2C3CCCCC3C3CC(N4C5CCCCC5C5CCCCC54)CCC32)CC1. The second-order valence-electron chi connectivity index (χ2n) is 13.4. The Labute approximate surface area is 198 Å². The number of likely N-dealkylation sites (tertiary alicyclic amines) is 2. The molecule has 7 rings (SSSR count). The highest BCUT2D eigenvalue weighted by molar-refractivity contribution is 5.10. The largest absolute Gasteiger partial charge is 0.294 e. The van der Waals surface area contributed by atoms with E-state index in [-0.39, 0.29) is 0 Å². The van der Waals surface area contributed by atoms with Crippen molar-refractivity contribution in [2.45, 2.75) is 165 Å². The lowest BCUT2D eigenvalue weighted by atomic mass is 9.71. The second-order valence-corrected chi connectivity index (χ2v) is 13.4. The summed E-state index contributed by atoms with van der Waals surface area (Å²) in [5, 5.41) is 0. The van der Waals surface area contributed by atoms with Crippen LogP contribution in [0.15, 0.2) is 0 Å². The molecule has 0 aromatic carbocycles. The van der Waals surface area contributed by atoms with Crippen LogP contribution >= 0.6 is 0 Å². The monoisotopic (exact) mass is 438 g/mol. The number of fused-ring (bicyclic) bond motifs is 6. The molecule has 0 aromatic heterocycles. The standard InChI is InChI=1S/C30H50N2/c1-2-10-21(11-3-1)31-29-17-9-6-14-25(29)26-20-22(18-19-30(26)31)32-27-15-7-4-12-23(27)24-13-5-8-16-28(24)32/h21-30H,1-20H2. The van der Waals surface area contributed by atoms with Crippen molar-refractivity contribution in [1.82, 2.24) is 9.80 Å². The van der Waals surface area contributed by atoms with E-state index in [0.717, 1.165) is 59.9 Å². The molecule has 9 unspecified atom stereocenters. The summed E-state index contributed by atoms with van der Waals surface area (Å²) in [5.41, 5.74) is 0. The van der Waals surface area contributed by atoms with E-state index in [9.17, 15) is 0 Å². The van der Waals surface area contributed by atoms with Crippen molar-refractivity contribution in [3.63, 3.8) is 0 Å². The van der Waals surface area contributed by atoms with Crippen LogP contribution in [-0.2, 0) is 0 Å². The van der Waals surface area contributed by atoms with Crippen molar-refractivity contribution in [2.24, 2.45) is 23.7 Å². The summed E-state index contributed by atoms with van der Waals surface area (Å²) < 4.78 is 0. The molecule has 7 aliphatic rings. The van der Waals surface area contributed by atoms with Crippen molar-refractivity contribution in [3.8, 4) is 0 Å². The molecule has 32 heavy (non-hydrogen) atoms. The van der Waals surface area contributed by atoms with E-state index in [1.54, 1.807) is 44.9 Å². The summed E-state index contributed by atoms with van der Waals surface area (Å²) in [6.07, 6.45) is 30.8. The van der Waals surface area contributed by atoms with Gasteiger partial charge in [0.2, 0.25) is 0 Å². The fourth-order valence-corrected chi connectivity index (χ4v) is 11.3. The third kappa shape index (κ3) is 3.39. The van der Waals surface area contributed by atoms with Crippen LogP contribution in [0, 0.1) is 23.7 Å². The minimum absolute atomic E-state index is 0.948. The topological polar surface area (TPSA) is 6.48 Å². The van der Waals surface area contributed by atoms with Crippen LogP contribution in [0.2, 0.25) is 0 Å². The van der Waals surface area contributed by atoms with Gasteiger partial charge in [-0.2, -0.15) is 0 Å². The van der Waals surface area contributed by atoms with Crippen LogP contribution in [0.1, 0.15) is 128 Å². The minimum atomic E-state index is 0.948. The molecule has 0 radical (unpaired) electrons. The summed E-state index contributed by atoms with van der Waals surface area (Å²) in [6, 6.07) is 5.81. The summed E-state index contributed by atoms with van der Waals surface area (Å²) in [5.74, 6) is 4.27. The molecular weight excluding hydrogens is 388 g/mol. The first-order valence-electron chi connectivity index (χ1n) is 15.4. The van der Waals surface area contributed by atoms with Gasteiger partial charge in [-0.25, -0.2) is 0 Å². The van der Waals surface area contributed by atoms with Gasteiger partial charge in [-0.15, -0.1) is 0 Å². The number of hydrogen-bond donors (Lipinski definition) is 0. The minimum Gasteiger partial charge on any atom is -0.294 e. The molecule has 0 aromatic rings. The molecule has 5 saturated carbocycles. The first kappa shape index (κ1) is 21.2. The number of nitrogens with zero attached hydrogens (tertiary/aromatic N) is 2. The zero-order chi connectivity index (χ0) is 21.1. The molecule has 2 aliphatic heterocycles. The van der Waals surface area contributed by atoms with Crippen LogP contribution < -0.4 is 0 Å². The summed E-state index contributed by atoms with van der Waals surface area (Å²) in [7, 11) is 0. The molecule has 0 amide bonds. The zero-order valence-electron chi connectivity index (χ0n) is 20.8. The average molecular weight is 439 g/mol. The third-order valence-electron chi connectivity index (χ3n) is 12.2. The maximum Gasteiger partial charge on any atom is 0.0134 e. The van der Waals surface area contributed by atoms with E-state index in [2.05, 4.69) is 9.80 Å². The van der Waals surface area contributed by atoms with Gasteiger partial charge in [-0.1, -0.05) is 57.8 Å². The van der Waals surface area contributed by atoms with Gasteiger partial charge in [0.1, 0.15) is 0 Å². The van der Waals surface area contributed by atoms with Crippen molar-refractivity contribution >= 4 is 0 Å². The highest BCUT2D eigenvalue weighted by Gasteiger charge is 2.57. The Kier molecular flexibility index (Phi) is 5.87. The van der Waals surface area contributed by atoms with Crippen LogP contribution in [0.5, 0.6) is 0 Å². The Hall–Kier alpha value is -0.0800. The second kappa shape index (κ2) is 8.85. The normalized spacial score (nSPS) is 50.4. The van der Waals surface area contributed by atoms with Gasteiger partial charge in [0, 0.05) is 36.3 Å². The third-order valence-corrected chi connectivity index (χ3v) is 12.2. The first-order valence-corrected chi connectivity index (χ1v) is 15.4. The van der Waals surface area contributed by atoms with Gasteiger partial charge in [0.25, 0.3) is 0 Å². The van der Waals surface area contributed by atoms with Gasteiger partial charge >= 0.3 is 0 Å². The Morgan fingerprint density at radius 2 is 0.750 bits per heavy atom. The molecule has 180 valence electrons. The zero-order valence-corrected chi connectivity index (χ0v) is 20.8. The van der Waals surface area contributed by atoms with E-state index < -0.39 is 0 Å². The molecule has 5 aliphatic carbocycles. The lowest BCUT2D eigenvalue weighted by Gasteiger charge is -2.47. The van der Waals surface area contributed by atoms with Crippen molar-refractivity contribution in [3.05, 3.63) is 0 Å². The molecule has 0 spiro atoms. The molecule has 2 heteroatoms. The van der Waals surface area contributed by atoms with Crippen LogP contribution in [0.25, 0.3) is 0 Å². The van der Waals surface area contributed by atoms with Crippen LogP contribution in [0.4, 0.5) is 0 Å². The lowest BCUT2D eigenvalue weighted by molar-refractivity contribution is 0.0198. The lowest BCUT2D eigenvalue weighted by Crippen LogP contribution is -2.52. The molecule has 7 fully saturated rings. The van der Waals surface area contributed by atoms with E-state index in [4.69, 9.17) is 0 Å². The maximum atomic E-state index is 3.27. The molecule has 0 bridgehead atoms. The smallest absolute Gasteiger partial charge is 0.0134 e. The average Bonchev–Trinajstić information content (AvgIpc) is 3.37. The summed E-state index contributed by atoms with van der Waals surface area (Å²) in [6.45, 7) is 0. The molecule has 9 atom stereocenters. The molecule has 2 nitrogen and oxygen atoms in total. The fraction of sp³-hybridized carbons (Fsp3) is 1.00. The van der Waals surface area contributed by atoms with Crippen molar-refractivity contribution < 1.29 is 0 Å². The summed E-state index contributed by atoms with van der Waals surface area (Å²) >= 11 is 0. The molecular formula is C30H50N2. The van der Waals surface area contributed by atoms with E-state index in [1.807, 2.05) is 0 Å². The van der Waals surface area contributed by atoms with Gasteiger partial charge in [0.05, 0.1) is 0 Å². The quantitative estimate of drug-likeness (QED) is 0.451. The maximum absolute atomic E-state index is 3.27. The Balaban J connectivity index is 1.14. The van der Waals surface area contributed by atoms with Crippen molar-refractivity contribution in [2.75, 3.05) is 0 Å². The number of hydrogen-bond acceptors (Lipinski definition) is 2. The van der Waals surface area contributed by atoms with Crippen LogP contribution in [-0.4, -0.2) is 46.1 Å².